The van der Waals surface area contributed by atoms with Gasteiger partial charge in [0.25, 0.3) is 0 Å². The molecule has 1 atom stereocenters. The van der Waals surface area contributed by atoms with Gasteiger partial charge in [0.1, 0.15) is 0 Å². The van der Waals surface area contributed by atoms with Crippen molar-refractivity contribution in [2.45, 2.75) is 58.8 Å². The van der Waals surface area contributed by atoms with Crippen LogP contribution < -0.4 is 5.73 Å². The number of hydrogen-bond donors (Lipinski definition) is 1. The van der Waals surface area contributed by atoms with Crippen LogP contribution in [0.4, 0.5) is 0 Å². The van der Waals surface area contributed by atoms with E-state index in [4.69, 9.17) is 10.5 Å². The Kier molecular flexibility index (Phi) is 11.9. The second-order valence-corrected chi connectivity index (χ2v) is 4.34. The molecule has 0 rings (SSSR count). The highest BCUT2D eigenvalue weighted by Gasteiger charge is 2.05. The summed E-state index contributed by atoms with van der Waals surface area (Å²) in [7, 11) is 0. The molecule has 0 spiro atoms. The molecule has 2 nitrogen and oxygen atoms in total. The Balaban J connectivity index is 3.29. The Hall–Kier alpha value is -0.0800. The van der Waals surface area contributed by atoms with Gasteiger partial charge in [-0.3, -0.25) is 0 Å². The third-order valence-electron chi connectivity index (χ3n) is 2.89. The molecule has 1 unspecified atom stereocenters. The zero-order valence-electron chi connectivity index (χ0n) is 10.6. The molecule has 2 N–H and O–H groups in total. The standard InChI is InChI=1S/C13H29NO/c1-3-5-6-7-9-13(4-2)12-15-11-8-10-14/h13H,3-12,14H2,1-2H3. The third kappa shape index (κ3) is 10.2. The minimum Gasteiger partial charge on any atom is -0.381 e. The van der Waals surface area contributed by atoms with Gasteiger partial charge in [-0.05, 0) is 25.3 Å². The van der Waals surface area contributed by atoms with Gasteiger partial charge in [0.05, 0.1) is 0 Å². The van der Waals surface area contributed by atoms with Crippen LogP contribution in [-0.2, 0) is 4.74 Å². The van der Waals surface area contributed by atoms with E-state index in [1.54, 1.807) is 0 Å². The van der Waals surface area contributed by atoms with E-state index in [1.807, 2.05) is 0 Å². The van der Waals surface area contributed by atoms with Crippen molar-refractivity contribution in [3.8, 4) is 0 Å². The summed E-state index contributed by atoms with van der Waals surface area (Å²) in [6.45, 7) is 7.03. The summed E-state index contributed by atoms with van der Waals surface area (Å²) in [5, 5.41) is 0. The van der Waals surface area contributed by atoms with Crippen LogP contribution in [0.5, 0.6) is 0 Å². The van der Waals surface area contributed by atoms with Crippen molar-refractivity contribution in [1.29, 1.82) is 0 Å². The lowest BCUT2D eigenvalue weighted by Gasteiger charge is -2.14. The van der Waals surface area contributed by atoms with Gasteiger partial charge in [-0.25, -0.2) is 0 Å². The van der Waals surface area contributed by atoms with Crippen LogP contribution in [0.3, 0.4) is 0 Å². The Morgan fingerprint density at radius 2 is 1.87 bits per heavy atom. The highest BCUT2D eigenvalue weighted by molar-refractivity contribution is 4.56. The van der Waals surface area contributed by atoms with Crippen LogP contribution >= 0.6 is 0 Å². The monoisotopic (exact) mass is 215 g/mol. The van der Waals surface area contributed by atoms with Gasteiger partial charge in [0.2, 0.25) is 0 Å². The Bertz CT molecular complexity index is 105. The van der Waals surface area contributed by atoms with Crippen LogP contribution in [0.15, 0.2) is 0 Å². The first kappa shape index (κ1) is 14.9. The van der Waals surface area contributed by atoms with Crippen LogP contribution in [0.25, 0.3) is 0 Å². The van der Waals surface area contributed by atoms with Crippen molar-refractivity contribution >= 4 is 0 Å². The maximum atomic E-state index is 5.60. The molecule has 0 saturated carbocycles. The van der Waals surface area contributed by atoms with E-state index in [0.717, 1.165) is 32.1 Å². The fourth-order valence-electron chi connectivity index (χ4n) is 1.70. The van der Waals surface area contributed by atoms with Gasteiger partial charge in [0.15, 0.2) is 0 Å². The molecule has 0 amide bonds. The summed E-state index contributed by atoms with van der Waals surface area (Å²) < 4.78 is 5.60. The first-order valence-corrected chi connectivity index (χ1v) is 6.62. The summed E-state index contributed by atoms with van der Waals surface area (Å²) in [6.07, 6.45) is 9.02. The van der Waals surface area contributed by atoms with Gasteiger partial charge in [-0.15, -0.1) is 0 Å². The second-order valence-electron chi connectivity index (χ2n) is 4.34. The van der Waals surface area contributed by atoms with Gasteiger partial charge in [-0.2, -0.15) is 0 Å². The lowest BCUT2D eigenvalue weighted by atomic mass is 9.99. The molecule has 92 valence electrons. The van der Waals surface area contributed by atoms with Crippen molar-refractivity contribution in [1.82, 2.24) is 0 Å². The van der Waals surface area contributed by atoms with E-state index < -0.39 is 0 Å². The Morgan fingerprint density at radius 3 is 2.47 bits per heavy atom. The molecule has 0 aliphatic carbocycles. The molecule has 0 aromatic rings. The molecule has 0 radical (unpaired) electrons. The smallest absolute Gasteiger partial charge is 0.0494 e. The molecule has 0 saturated heterocycles. The van der Waals surface area contributed by atoms with E-state index in [9.17, 15) is 0 Å². The number of ether oxygens (including phenoxy) is 1. The van der Waals surface area contributed by atoms with Crippen LogP contribution in [0.2, 0.25) is 0 Å². The largest absolute Gasteiger partial charge is 0.381 e. The molecular formula is C13H29NO. The van der Waals surface area contributed by atoms with Gasteiger partial charge in [0, 0.05) is 13.2 Å². The number of nitrogens with two attached hydrogens (primary N) is 1. The molecule has 0 aromatic carbocycles. The third-order valence-corrected chi connectivity index (χ3v) is 2.89. The molecule has 0 aliphatic rings. The zero-order chi connectivity index (χ0) is 11.4. The van der Waals surface area contributed by atoms with E-state index in [-0.39, 0.29) is 0 Å². The van der Waals surface area contributed by atoms with Gasteiger partial charge < -0.3 is 10.5 Å². The fraction of sp³-hybridized carbons (Fsp3) is 1.00. The number of hydrogen-bond acceptors (Lipinski definition) is 2. The summed E-state index contributed by atoms with van der Waals surface area (Å²) >= 11 is 0. The highest BCUT2D eigenvalue weighted by atomic mass is 16.5. The van der Waals surface area contributed by atoms with Gasteiger partial charge in [-0.1, -0.05) is 46.0 Å². The molecule has 2 heteroatoms. The van der Waals surface area contributed by atoms with Crippen LogP contribution in [0.1, 0.15) is 58.8 Å². The maximum absolute atomic E-state index is 5.60. The Labute approximate surface area is 95.6 Å². The van der Waals surface area contributed by atoms with E-state index in [1.165, 1.54) is 38.5 Å². The van der Waals surface area contributed by atoms with Crippen molar-refractivity contribution in [3.63, 3.8) is 0 Å². The summed E-state index contributed by atoms with van der Waals surface area (Å²) in [5.41, 5.74) is 5.41. The highest BCUT2D eigenvalue weighted by Crippen LogP contribution is 2.14. The van der Waals surface area contributed by atoms with Crippen molar-refractivity contribution in [3.05, 3.63) is 0 Å². The van der Waals surface area contributed by atoms with Crippen molar-refractivity contribution in [2.75, 3.05) is 19.8 Å². The quantitative estimate of drug-likeness (QED) is 0.536. The molecule has 0 heterocycles. The van der Waals surface area contributed by atoms with E-state index in [0.29, 0.717) is 0 Å². The predicted molar refractivity (Wildman–Crippen MR) is 67.0 cm³/mol. The topological polar surface area (TPSA) is 35.2 Å². The van der Waals surface area contributed by atoms with E-state index >= 15 is 0 Å². The molecular weight excluding hydrogens is 186 g/mol. The second kappa shape index (κ2) is 12.0. The SMILES string of the molecule is CCCCCCC(CC)COCCCN. The predicted octanol–water partition coefficient (Wildman–Crippen LogP) is 3.35. The molecule has 0 aromatic heterocycles. The average molecular weight is 215 g/mol. The molecule has 15 heavy (non-hydrogen) atoms. The van der Waals surface area contributed by atoms with Crippen molar-refractivity contribution in [2.24, 2.45) is 11.7 Å². The summed E-state index contributed by atoms with van der Waals surface area (Å²) in [6, 6.07) is 0. The fourth-order valence-corrected chi connectivity index (χ4v) is 1.70. The lowest BCUT2D eigenvalue weighted by molar-refractivity contribution is 0.0931. The molecule has 0 fully saturated rings. The zero-order valence-corrected chi connectivity index (χ0v) is 10.6. The number of rotatable bonds is 11. The Morgan fingerprint density at radius 1 is 1.07 bits per heavy atom. The first-order valence-electron chi connectivity index (χ1n) is 6.62. The van der Waals surface area contributed by atoms with E-state index in [2.05, 4.69) is 13.8 Å². The minimum atomic E-state index is 0.743. The maximum Gasteiger partial charge on any atom is 0.0494 e. The van der Waals surface area contributed by atoms with Crippen LogP contribution in [-0.4, -0.2) is 19.8 Å². The lowest BCUT2D eigenvalue weighted by Crippen LogP contribution is -2.11. The summed E-state index contributed by atoms with van der Waals surface area (Å²) in [5.74, 6) is 0.764. The minimum absolute atomic E-state index is 0.743. The first-order chi connectivity index (χ1) is 7.35. The number of unbranched alkanes of at least 4 members (excludes halogenated alkanes) is 3. The normalized spacial score (nSPS) is 13.0. The van der Waals surface area contributed by atoms with Crippen molar-refractivity contribution < 1.29 is 4.74 Å². The molecule has 0 bridgehead atoms. The van der Waals surface area contributed by atoms with Crippen LogP contribution in [0, 0.1) is 5.92 Å². The average Bonchev–Trinajstić information content (AvgIpc) is 2.27. The molecule has 0 aliphatic heterocycles. The van der Waals surface area contributed by atoms with Gasteiger partial charge >= 0.3 is 0 Å². The summed E-state index contributed by atoms with van der Waals surface area (Å²) in [4.78, 5) is 0.